The Bertz CT molecular complexity index is 378. The lowest BCUT2D eigenvalue weighted by Crippen LogP contribution is -1.84. The van der Waals surface area contributed by atoms with Gasteiger partial charge >= 0.3 is 0 Å². The molecule has 0 radical (unpaired) electrons. The summed E-state index contributed by atoms with van der Waals surface area (Å²) in [5.74, 6) is 2.31. The molecule has 2 nitrogen and oxygen atoms in total. The summed E-state index contributed by atoms with van der Waals surface area (Å²) >= 11 is 3.78. The molecular formula is C13H14N2S2. The highest BCUT2D eigenvalue weighted by molar-refractivity contribution is 8.00. The fourth-order valence-electron chi connectivity index (χ4n) is 1.31. The summed E-state index contributed by atoms with van der Waals surface area (Å²) in [6, 6.07) is 8.22. The highest BCUT2D eigenvalue weighted by Crippen LogP contribution is 2.21. The first-order chi connectivity index (χ1) is 8.45. The number of thioether (sulfide) groups is 2. The molecule has 2 aromatic heterocycles. The van der Waals surface area contributed by atoms with Crippen molar-refractivity contribution in [2.45, 2.75) is 16.2 Å². The van der Waals surface area contributed by atoms with Gasteiger partial charge in [0.25, 0.3) is 0 Å². The quantitative estimate of drug-likeness (QED) is 0.585. The molecule has 0 aliphatic rings. The van der Waals surface area contributed by atoms with Crippen molar-refractivity contribution < 1.29 is 0 Å². The normalized spacial score (nSPS) is 10.4. The summed E-state index contributed by atoms with van der Waals surface area (Å²) in [5.41, 5.74) is 0. The van der Waals surface area contributed by atoms with Crippen LogP contribution in [0.1, 0.15) is 6.42 Å². The van der Waals surface area contributed by atoms with Crippen molar-refractivity contribution in [2.75, 3.05) is 11.5 Å². The third-order valence-electron chi connectivity index (χ3n) is 2.13. The van der Waals surface area contributed by atoms with Crippen molar-refractivity contribution in [1.82, 2.24) is 9.97 Å². The van der Waals surface area contributed by atoms with Gasteiger partial charge in [-0.2, -0.15) is 0 Å². The van der Waals surface area contributed by atoms with E-state index in [1.54, 1.807) is 0 Å². The lowest BCUT2D eigenvalue weighted by molar-refractivity contribution is 1.12. The minimum absolute atomic E-state index is 1.15. The molecule has 0 amide bonds. The standard InChI is InChI=1S/C13H14N2S2/c1(10-16-12-2-6-14-7-3-12)11-17-13-4-8-15-9-5-13/h2-9H,1,10-11H2. The van der Waals surface area contributed by atoms with Gasteiger partial charge in [-0.3, -0.25) is 9.97 Å². The number of pyridine rings is 2. The van der Waals surface area contributed by atoms with Crippen LogP contribution in [0.4, 0.5) is 0 Å². The molecule has 88 valence electrons. The summed E-state index contributed by atoms with van der Waals surface area (Å²) in [6.07, 6.45) is 8.57. The maximum absolute atomic E-state index is 4.01. The zero-order chi connectivity index (χ0) is 11.8. The molecule has 4 heteroatoms. The number of nitrogens with zero attached hydrogens (tertiary/aromatic N) is 2. The average molecular weight is 262 g/mol. The highest BCUT2D eigenvalue weighted by Gasteiger charge is 1.95. The van der Waals surface area contributed by atoms with Crippen LogP contribution in [-0.4, -0.2) is 21.5 Å². The Labute approximate surface area is 110 Å². The lowest BCUT2D eigenvalue weighted by Gasteiger charge is -2.01. The Morgan fingerprint density at radius 3 is 1.53 bits per heavy atom. The summed E-state index contributed by atoms with van der Waals surface area (Å²) in [5, 5.41) is 0. The third-order valence-corrected chi connectivity index (χ3v) is 4.32. The van der Waals surface area contributed by atoms with Crippen LogP contribution in [0.25, 0.3) is 0 Å². The summed E-state index contributed by atoms with van der Waals surface area (Å²) in [6.45, 7) is 0. The van der Waals surface area contributed by atoms with Crippen molar-refractivity contribution in [3.05, 3.63) is 49.1 Å². The predicted octanol–water partition coefficient (Wildman–Crippen LogP) is 3.75. The van der Waals surface area contributed by atoms with Crippen molar-refractivity contribution in [3.8, 4) is 0 Å². The van der Waals surface area contributed by atoms with E-state index >= 15 is 0 Å². The van der Waals surface area contributed by atoms with Crippen LogP contribution in [0.15, 0.2) is 58.8 Å². The molecular weight excluding hydrogens is 248 g/mol. The van der Waals surface area contributed by atoms with Crippen molar-refractivity contribution in [1.29, 1.82) is 0 Å². The summed E-state index contributed by atoms with van der Waals surface area (Å²) in [4.78, 5) is 10.6. The van der Waals surface area contributed by atoms with Gasteiger partial charge in [0.1, 0.15) is 0 Å². The molecule has 0 atom stereocenters. The van der Waals surface area contributed by atoms with Crippen LogP contribution < -0.4 is 0 Å². The van der Waals surface area contributed by atoms with Crippen LogP contribution in [0, 0.1) is 0 Å². The maximum atomic E-state index is 4.01. The van der Waals surface area contributed by atoms with E-state index in [4.69, 9.17) is 0 Å². The van der Waals surface area contributed by atoms with Crippen molar-refractivity contribution >= 4 is 23.5 Å². The average Bonchev–Trinajstić information content (AvgIpc) is 2.41. The SMILES string of the molecule is c1cc(SCCCSc2ccncc2)ccn1. The molecule has 0 fully saturated rings. The van der Waals surface area contributed by atoms with Crippen LogP contribution in [0.5, 0.6) is 0 Å². The van der Waals surface area contributed by atoms with Gasteiger partial charge in [0.2, 0.25) is 0 Å². The van der Waals surface area contributed by atoms with Crippen LogP contribution >= 0.6 is 23.5 Å². The molecule has 0 bridgehead atoms. The minimum Gasteiger partial charge on any atom is -0.265 e. The van der Waals surface area contributed by atoms with E-state index in [0.717, 1.165) is 11.5 Å². The van der Waals surface area contributed by atoms with Crippen LogP contribution in [0.2, 0.25) is 0 Å². The fourth-order valence-corrected chi connectivity index (χ4v) is 3.17. The molecule has 0 aromatic carbocycles. The fraction of sp³-hybridized carbons (Fsp3) is 0.231. The zero-order valence-corrected chi connectivity index (χ0v) is 11.1. The Morgan fingerprint density at radius 1 is 0.706 bits per heavy atom. The first kappa shape index (κ1) is 12.5. The van der Waals surface area contributed by atoms with E-state index in [0.29, 0.717) is 0 Å². The molecule has 0 spiro atoms. The zero-order valence-electron chi connectivity index (χ0n) is 9.45. The third kappa shape index (κ3) is 4.79. The molecule has 0 saturated heterocycles. The first-order valence-electron chi connectivity index (χ1n) is 5.51. The van der Waals surface area contributed by atoms with Crippen LogP contribution in [-0.2, 0) is 0 Å². The molecule has 2 heterocycles. The second-order valence-corrected chi connectivity index (χ2v) is 5.75. The van der Waals surface area contributed by atoms with Gasteiger partial charge in [-0.25, -0.2) is 0 Å². The van der Waals surface area contributed by atoms with Gasteiger partial charge in [-0.15, -0.1) is 23.5 Å². The van der Waals surface area contributed by atoms with E-state index in [-0.39, 0.29) is 0 Å². The van der Waals surface area contributed by atoms with Crippen LogP contribution in [0.3, 0.4) is 0 Å². The molecule has 0 aliphatic heterocycles. The molecule has 2 rings (SSSR count). The minimum atomic E-state index is 1.15. The van der Waals surface area contributed by atoms with Gasteiger partial charge in [-0.05, 0) is 42.2 Å². The largest absolute Gasteiger partial charge is 0.265 e. The van der Waals surface area contributed by atoms with Gasteiger partial charge in [0, 0.05) is 34.6 Å². The lowest BCUT2D eigenvalue weighted by atomic mass is 10.5. The van der Waals surface area contributed by atoms with E-state index in [2.05, 4.69) is 34.2 Å². The predicted molar refractivity (Wildman–Crippen MR) is 74.5 cm³/mol. The van der Waals surface area contributed by atoms with Crippen molar-refractivity contribution in [3.63, 3.8) is 0 Å². The monoisotopic (exact) mass is 262 g/mol. The Hall–Kier alpha value is -1.00. The second-order valence-electron chi connectivity index (χ2n) is 3.42. The van der Waals surface area contributed by atoms with E-state index < -0.39 is 0 Å². The topological polar surface area (TPSA) is 25.8 Å². The van der Waals surface area contributed by atoms with E-state index in [1.165, 1.54) is 16.2 Å². The number of rotatable bonds is 6. The second kappa shape index (κ2) is 7.35. The summed E-state index contributed by atoms with van der Waals surface area (Å²) in [7, 11) is 0. The molecule has 0 aliphatic carbocycles. The molecule has 17 heavy (non-hydrogen) atoms. The Morgan fingerprint density at radius 2 is 1.12 bits per heavy atom. The van der Waals surface area contributed by atoms with Gasteiger partial charge in [-0.1, -0.05) is 0 Å². The Kier molecular flexibility index (Phi) is 5.39. The van der Waals surface area contributed by atoms with Gasteiger partial charge in [0.15, 0.2) is 0 Å². The maximum Gasteiger partial charge on any atom is 0.0278 e. The van der Waals surface area contributed by atoms with Gasteiger partial charge < -0.3 is 0 Å². The summed E-state index contributed by atoms with van der Waals surface area (Å²) < 4.78 is 0. The van der Waals surface area contributed by atoms with Gasteiger partial charge in [0.05, 0.1) is 0 Å². The molecule has 0 unspecified atom stereocenters. The molecule has 2 aromatic rings. The molecule has 0 N–H and O–H groups in total. The number of hydrogen-bond acceptors (Lipinski definition) is 4. The Balaban J connectivity index is 1.61. The van der Waals surface area contributed by atoms with E-state index in [1.807, 2.05) is 48.3 Å². The van der Waals surface area contributed by atoms with Crippen molar-refractivity contribution in [2.24, 2.45) is 0 Å². The molecule has 0 saturated carbocycles. The van der Waals surface area contributed by atoms with E-state index in [9.17, 15) is 0 Å². The number of aromatic nitrogens is 2. The smallest absolute Gasteiger partial charge is 0.0278 e. The highest BCUT2D eigenvalue weighted by atomic mass is 32.2. The number of hydrogen-bond donors (Lipinski definition) is 0. The first-order valence-corrected chi connectivity index (χ1v) is 7.48.